The zero-order valence-electron chi connectivity index (χ0n) is 13.5. The Balaban J connectivity index is 1.82. The number of anilines is 1. The van der Waals surface area contributed by atoms with Crippen LogP contribution in [0.1, 0.15) is 44.1 Å². The topological polar surface area (TPSA) is 98.5 Å². The van der Waals surface area contributed by atoms with Gasteiger partial charge in [-0.25, -0.2) is 0 Å². The second kappa shape index (κ2) is 6.22. The summed E-state index contributed by atoms with van der Waals surface area (Å²) >= 11 is 0. The Hall–Kier alpha value is -2.44. The average Bonchev–Trinajstić information content (AvgIpc) is 2.85. The minimum atomic E-state index is -0.700. The van der Waals surface area contributed by atoms with Crippen molar-refractivity contribution in [3.63, 3.8) is 0 Å². The average molecular weight is 332 g/mol. The Bertz CT molecular complexity index is 694. The molecule has 2 fully saturated rings. The number of hydrogen-bond acceptors (Lipinski definition) is 5. The van der Waals surface area contributed by atoms with Crippen LogP contribution in [0.15, 0.2) is 18.2 Å². The molecule has 24 heavy (non-hydrogen) atoms. The summed E-state index contributed by atoms with van der Waals surface area (Å²) in [5.41, 5.74) is 0.354. The lowest BCUT2D eigenvalue weighted by atomic mass is 9.75. The van der Waals surface area contributed by atoms with Crippen LogP contribution in [0.3, 0.4) is 0 Å². The number of benzene rings is 1. The lowest BCUT2D eigenvalue weighted by Gasteiger charge is -2.36. The standard InChI is InChI=1S/C17H20N2O5/c1-11-5-6-12(19(22)23)9-14(11)18-16(21)13-10-15(20)24-17(13)7-3-2-4-8-17/h5-6,9,13H,2-4,7-8,10H2,1H3,(H,18,21)/t13-/m0/s1. The highest BCUT2D eigenvalue weighted by atomic mass is 16.6. The molecule has 1 spiro atoms. The predicted molar refractivity (Wildman–Crippen MR) is 86.5 cm³/mol. The first kappa shape index (κ1) is 16.4. The van der Waals surface area contributed by atoms with E-state index in [0.717, 1.165) is 24.8 Å². The van der Waals surface area contributed by atoms with Crippen molar-refractivity contribution in [2.24, 2.45) is 5.92 Å². The number of ether oxygens (including phenoxy) is 1. The minimum Gasteiger partial charge on any atom is -0.458 e. The molecule has 1 N–H and O–H groups in total. The Morgan fingerprint density at radius 3 is 2.71 bits per heavy atom. The maximum atomic E-state index is 12.8. The molecule has 7 heteroatoms. The molecule has 1 aromatic rings. The molecule has 3 rings (SSSR count). The fourth-order valence-corrected chi connectivity index (χ4v) is 3.70. The van der Waals surface area contributed by atoms with Crippen molar-refractivity contribution in [1.82, 2.24) is 0 Å². The molecule has 1 atom stereocenters. The van der Waals surface area contributed by atoms with Crippen LogP contribution in [0.2, 0.25) is 0 Å². The van der Waals surface area contributed by atoms with Gasteiger partial charge in [0.25, 0.3) is 5.69 Å². The number of carbonyl (C=O) groups is 2. The van der Waals surface area contributed by atoms with Crippen molar-refractivity contribution in [1.29, 1.82) is 0 Å². The lowest BCUT2D eigenvalue weighted by molar-refractivity contribution is -0.384. The van der Waals surface area contributed by atoms with Crippen molar-refractivity contribution in [3.8, 4) is 0 Å². The molecule has 0 unspecified atom stereocenters. The van der Waals surface area contributed by atoms with E-state index in [4.69, 9.17) is 4.74 Å². The van der Waals surface area contributed by atoms with Crippen molar-refractivity contribution in [2.75, 3.05) is 5.32 Å². The Morgan fingerprint density at radius 2 is 2.04 bits per heavy atom. The fraction of sp³-hybridized carbons (Fsp3) is 0.529. The van der Waals surface area contributed by atoms with Crippen LogP contribution in [0.4, 0.5) is 11.4 Å². The van der Waals surface area contributed by atoms with Gasteiger partial charge in [0.1, 0.15) is 5.60 Å². The van der Waals surface area contributed by atoms with E-state index in [1.165, 1.54) is 12.1 Å². The molecule has 1 aliphatic carbocycles. The van der Waals surface area contributed by atoms with Gasteiger partial charge in [-0.1, -0.05) is 12.5 Å². The summed E-state index contributed by atoms with van der Waals surface area (Å²) in [6.07, 6.45) is 4.42. The highest BCUT2D eigenvalue weighted by Gasteiger charge is 2.52. The molecule has 2 aliphatic rings. The number of rotatable bonds is 3. The molecule has 128 valence electrons. The van der Waals surface area contributed by atoms with E-state index in [1.54, 1.807) is 13.0 Å². The first-order valence-electron chi connectivity index (χ1n) is 8.19. The first-order valence-corrected chi connectivity index (χ1v) is 8.19. The van der Waals surface area contributed by atoms with Crippen LogP contribution in [0.25, 0.3) is 0 Å². The lowest BCUT2D eigenvalue weighted by Crippen LogP contribution is -2.43. The zero-order chi connectivity index (χ0) is 17.3. The largest absolute Gasteiger partial charge is 0.458 e. The van der Waals surface area contributed by atoms with Crippen LogP contribution >= 0.6 is 0 Å². The second-order valence-electron chi connectivity index (χ2n) is 6.60. The van der Waals surface area contributed by atoms with Gasteiger partial charge in [-0.15, -0.1) is 0 Å². The van der Waals surface area contributed by atoms with Gasteiger partial charge in [-0.05, 0) is 38.2 Å². The molecule has 1 heterocycles. The third kappa shape index (κ3) is 2.98. The number of nitro benzene ring substituents is 1. The second-order valence-corrected chi connectivity index (χ2v) is 6.60. The Morgan fingerprint density at radius 1 is 1.33 bits per heavy atom. The zero-order valence-corrected chi connectivity index (χ0v) is 13.5. The SMILES string of the molecule is Cc1ccc([N+](=O)[O-])cc1NC(=O)[C@@H]1CC(=O)OC12CCCCC2. The summed E-state index contributed by atoms with van der Waals surface area (Å²) < 4.78 is 5.55. The summed E-state index contributed by atoms with van der Waals surface area (Å²) in [6, 6.07) is 4.34. The van der Waals surface area contributed by atoms with Gasteiger partial charge in [0.05, 0.1) is 22.9 Å². The number of carbonyl (C=O) groups excluding carboxylic acids is 2. The maximum Gasteiger partial charge on any atom is 0.307 e. The fourth-order valence-electron chi connectivity index (χ4n) is 3.70. The number of non-ortho nitro benzene ring substituents is 1. The number of esters is 1. The highest BCUT2D eigenvalue weighted by Crippen LogP contribution is 2.44. The van der Waals surface area contributed by atoms with Gasteiger partial charge in [0.15, 0.2) is 0 Å². The molecular formula is C17H20N2O5. The van der Waals surface area contributed by atoms with Gasteiger partial charge in [-0.3, -0.25) is 19.7 Å². The Kier molecular flexibility index (Phi) is 4.26. The van der Waals surface area contributed by atoms with Crippen LogP contribution < -0.4 is 5.32 Å². The molecular weight excluding hydrogens is 312 g/mol. The van der Waals surface area contributed by atoms with E-state index in [1.807, 2.05) is 0 Å². The minimum absolute atomic E-state index is 0.0693. The van der Waals surface area contributed by atoms with E-state index in [9.17, 15) is 19.7 Å². The molecule has 1 aromatic carbocycles. The quantitative estimate of drug-likeness (QED) is 0.521. The summed E-state index contributed by atoms with van der Waals surface area (Å²) in [5, 5.41) is 13.7. The molecule has 0 aromatic heterocycles. The van der Waals surface area contributed by atoms with Gasteiger partial charge in [0.2, 0.25) is 5.91 Å². The molecule has 1 aliphatic heterocycles. The predicted octanol–water partition coefficient (Wildman–Crippen LogP) is 3.11. The number of nitrogens with one attached hydrogen (secondary N) is 1. The molecule has 0 bridgehead atoms. The van der Waals surface area contributed by atoms with E-state index in [-0.39, 0.29) is 24.0 Å². The van der Waals surface area contributed by atoms with Crippen molar-refractivity contribution < 1.29 is 19.2 Å². The summed E-state index contributed by atoms with van der Waals surface area (Å²) in [7, 11) is 0. The molecule has 0 radical (unpaired) electrons. The number of aryl methyl sites for hydroxylation is 1. The Labute approximate surface area is 139 Å². The van der Waals surface area contributed by atoms with Crippen molar-refractivity contribution >= 4 is 23.3 Å². The number of nitro groups is 1. The van der Waals surface area contributed by atoms with Crippen molar-refractivity contribution in [3.05, 3.63) is 33.9 Å². The maximum absolute atomic E-state index is 12.8. The summed E-state index contributed by atoms with van der Waals surface area (Å²) in [5.74, 6) is -1.18. The molecule has 1 saturated heterocycles. The van der Waals surface area contributed by atoms with Crippen LogP contribution in [0.5, 0.6) is 0 Å². The molecule has 1 saturated carbocycles. The number of amides is 1. The van der Waals surface area contributed by atoms with Crippen LogP contribution in [0, 0.1) is 23.0 Å². The van der Waals surface area contributed by atoms with Crippen LogP contribution in [-0.4, -0.2) is 22.4 Å². The summed E-state index contributed by atoms with van der Waals surface area (Å²) in [4.78, 5) is 35.0. The van der Waals surface area contributed by atoms with Gasteiger partial charge in [0, 0.05) is 12.1 Å². The van der Waals surface area contributed by atoms with Crippen molar-refractivity contribution in [2.45, 2.75) is 51.0 Å². The van der Waals surface area contributed by atoms with E-state index in [0.29, 0.717) is 18.5 Å². The molecule has 7 nitrogen and oxygen atoms in total. The smallest absolute Gasteiger partial charge is 0.307 e. The third-order valence-corrected chi connectivity index (χ3v) is 5.03. The van der Waals surface area contributed by atoms with E-state index >= 15 is 0 Å². The van der Waals surface area contributed by atoms with Gasteiger partial charge in [-0.2, -0.15) is 0 Å². The monoisotopic (exact) mass is 332 g/mol. The van der Waals surface area contributed by atoms with E-state index in [2.05, 4.69) is 5.32 Å². The highest BCUT2D eigenvalue weighted by molar-refractivity contribution is 5.97. The van der Waals surface area contributed by atoms with Gasteiger partial charge < -0.3 is 10.1 Å². The normalized spacial score (nSPS) is 22.2. The third-order valence-electron chi connectivity index (χ3n) is 5.03. The first-order chi connectivity index (χ1) is 11.4. The summed E-state index contributed by atoms with van der Waals surface area (Å²) in [6.45, 7) is 1.77. The van der Waals surface area contributed by atoms with Gasteiger partial charge >= 0.3 is 5.97 Å². The molecule has 1 amide bonds. The number of hydrogen-bond donors (Lipinski definition) is 1. The van der Waals surface area contributed by atoms with E-state index < -0.39 is 16.4 Å². The van der Waals surface area contributed by atoms with Crippen LogP contribution in [-0.2, 0) is 14.3 Å². The number of nitrogens with zero attached hydrogens (tertiary/aromatic N) is 1.